The van der Waals surface area contributed by atoms with Crippen molar-refractivity contribution < 1.29 is 13.3 Å². The number of anilines is 6. The molecule has 5 nitrogen and oxygen atoms in total. The molecule has 4 heterocycles. The largest absolute Gasteiger partial charge is 0.456 e. The van der Waals surface area contributed by atoms with Gasteiger partial charge in [0.2, 0.25) is 0 Å². The summed E-state index contributed by atoms with van der Waals surface area (Å²) in [5, 5.41) is 15.8. The van der Waals surface area contributed by atoms with Crippen molar-refractivity contribution in [3.8, 4) is 0 Å². The lowest BCUT2D eigenvalue weighted by molar-refractivity contribution is 0.669. The quantitative estimate of drug-likeness (QED) is 0.166. The molecule has 0 saturated heterocycles. The molecular formula is C66H38N2O3S. The average molecular weight is 939 g/mol. The van der Waals surface area contributed by atoms with Gasteiger partial charge >= 0.3 is 0 Å². The highest BCUT2D eigenvalue weighted by atomic mass is 32.1. The van der Waals surface area contributed by atoms with Gasteiger partial charge in [-0.05, 0) is 108 Å². The van der Waals surface area contributed by atoms with Crippen LogP contribution in [0.5, 0.6) is 0 Å². The average Bonchev–Trinajstić information content (AvgIpc) is 4.20. The molecule has 6 heteroatoms. The first-order valence-corrected chi connectivity index (χ1v) is 25.1. The SMILES string of the molecule is c1ccc(N(c2ccc3c(c2)oc2cc4cc5sc6cc(N(c7ccccc7)c7cc8c9ccccc9oc8c8ccccc78)ccc6c5cc4cc23)c2cc3c4ccccc4oc3c3ccccc23)cc1. The number of thiophene rings is 1. The van der Waals surface area contributed by atoms with E-state index in [1.54, 1.807) is 0 Å². The molecule has 0 amide bonds. The van der Waals surface area contributed by atoms with Crippen molar-refractivity contribution >= 4 is 164 Å². The molecule has 12 aromatic carbocycles. The summed E-state index contributed by atoms with van der Waals surface area (Å²) in [5.74, 6) is 0. The van der Waals surface area contributed by atoms with Crippen LogP contribution in [0.15, 0.2) is 244 Å². The summed E-state index contributed by atoms with van der Waals surface area (Å²) in [5.41, 5.74) is 11.7. The van der Waals surface area contributed by atoms with Crippen LogP contribution in [-0.4, -0.2) is 0 Å². The van der Waals surface area contributed by atoms with Crippen LogP contribution in [-0.2, 0) is 0 Å². The van der Waals surface area contributed by atoms with Gasteiger partial charge in [0.25, 0.3) is 0 Å². The molecule has 0 aliphatic heterocycles. The summed E-state index contributed by atoms with van der Waals surface area (Å²) in [6, 6.07) is 82.5. The smallest absolute Gasteiger partial charge is 0.143 e. The van der Waals surface area contributed by atoms with E-state index in [1.807, 2.05) is 29.5 Å². The van der Waals surface area contributed by atoms with Gasteiger partial charge in [-0.15, -0.1) is 11.3 Å². The molecule has 0 spiro atoms. The van der Waals surface area contributed by atoms with Gasteiger partial charge in [-0.25, -0.2) is 0 Å². The Morgan fingerprint density at radius 3 is 1.29 bits per heavy atom. The fourth-order valence-corrected chi connectivity index (χ4v) is 12.7. The van der Waals surface area contributed by atoms with Gasteiger partial charge in [-0.3, -0.25) is 0 Å². The second-order valence-corrected chi connectivity index (χ2v) is 19.9. The van der Waals surface area contributed by atoms with Crippen LogP contribution in [0.2, 0.25) is 0 Å². The topological polar surface area (TPSA) is 45.9 Å². The van der Waals surface area contributed by atoms with Crippen molar-refractivity contribution in [2.24, 2.45) is 0 Å². The van der Waals surface area contributed by atoms with Crippen molar-refractivity contribution in [3.05, 3.63) is 231 Å². The minimum absolute atomic E-state index is 0.841. The molecule has 0 radical (unpaired) electrons. The van der Waals surface area contributed by atoms with E-state index in [0.29, 0.717) is 0 Å². The minimum Gasteiger partial charge on any atom is -0.456 e. The van der Waals surface area contributed by atoms with Crippen molar-refractivity contribution in [1.29, 1.82) is 0 Å². The Bertz CT molecular complexity index is 4580. The maximum Gasteiger partial charge on any atom is 0.143 e. The predicted molar refractivity (Wildman–Crippen MR) is 303 cm³/mol. The highest BCUT2D eigenvalue weighted by Crippen LogP contribution is 2.49. The van der Waals surface area contributed by atoms with Crippen LogP contribution in [0.25, 0.3) is 118 Å². The molecule has 0 N–H and O–H groups in total. The number of benzene rings is 12. The third-order valence-corrected chi connectivity index (χ3v) is 15.9. The molecule has 16 rings (SSSR count). The number of rotatable bonds is 6. The second-order valence-electron chi connectivity index (χ2n) is 18.8. The highest BCUT2D eigenvalue weighted by Gasteiger charge is 2.24. The van der Waals surface area contributed by atoms with E-state index in [2.05, 4.69) is 222 Å². The molecule has 4 aromatic heterocycles. The maximum absolute atomic E-state index is 6.85. The van der Waals surface area contributed by atoms with Crippen LogP contribution in [0, 0.1) is 0 Å². The summed E-state index contributed by atoms with van der Waals surface area (Å²) in [7, 11) is 0. The zero-order chi connectivity index (χ0) is 47.0. The van der Waals surface area contributed by atoms with E-state index in [0.717, 1.165) is 127 Å². The van der Waals surface area contributed by atoms with Gasteiger partial charge in [-0.1, -0.05) is 127 Å². The number of nitrogens with zero attached hydrogens (tertiary/aromatic N) is 2. The van der Waals surface area contributed by atoms with E-state index in [9.17, 15) is 0 Å². The standard InChI is InChI=1S/C66H38N2O3S/c1-3-15-41(16-4-1)67(57-37-55-47-21-11-13-25-59(47)70-65(55)51-23-9-7-19-45(51)57)43-27-29-49-53-31-39-32-54-50-30-28-44(36-64(50)72-63(54)34-40(39)33-61(53)69-62(49)35-43)68(42-17-5-2-6-18-42)58-38-56-48-22-12-14-26-60(48)71-66(56)52-24-10-8-20-46(52)58/h1-38H. The Morgan fingerprint density at radius 2 is 0.694 bits per heavy atom. The maximum atomic E-state index is 6.85. The lowest BCUT2D eigenvalue weighted by Gasteiger charge is -2.27. The number of hydrogen-bond acceptors (Lipinski definition) is 6. The lowest BCUT2D eigenvalue weighted by atomic mass is 10.0. The van der Waals surface area contributed by atoms with Gasteiger partial charge in [0.15, 0.2) is 0 Å². The molecule has 0 bridgehead atoms. The summed E-state index contributed by atoms with van der Waals surface area (Å²) >= 11 is 1.84. The van der Waals surface area contributed by atoms with E-state index in [4.69, 9.17) is 13.3 Å². The van der Waals surface area contributed by atoms with E-state index >= 15 is 0 Å². The van der Waals surface area contributed by atoms with Crippen LogP contribution in [0.1, 0.15) is 0 Å². The summed E-state index contributed by atoms with van der Waals surface area (Å²) < 4.78 is 22.4. The van der Waals surface area contributed by atoms with E-state index in [-0.39, 0.29) is 0 Å². The number of furan rings is 3. The van der Waals surface area contributed by atoms with Crippen molar-refractivity contribution in [2.75, 3.05) is 9.80 Å². The first-order valence-electron chi connectivity index (χ1n) is 24.3. The van der Waals surface area contributed by atoms with E-state index in [1.165, 1.54) is 25.6 Å². The van der Waals surface area contributed by atoms with Gasteiger partial charge < -0.3 is 23.1 Å². The molecule has 336 valence electrons. The Balaban J connectivity index is 0.828. The zero-order valence-electron chi connectivity index (χ0n) is 38.5. The van der Waals surface area contributed by atoms with Crippen LogP contribution < -0.4 is 9.80 Å². The zero-order valence-corrected chi connectivity index (χ0v) is 39.3. The Kier molecular flexibility index (Phi) is 8.26. The molecule has 0 aliphatic rings. The molecule has 0 saturated carbocycles. The first kappa shape index (κ1) is 39.5. The fourth-order valence-electron chi connectivity index (χ4n) is 11.5. The van der Waals surface area contributed by atoms with Crippen molar-refractivity contribution in [2.45, 2.75) is 0 Å². The van der Waals surface area contributed by atoms with Gasteiger partial charge in [0.05, 0.1) is 11.4 Å². The van der Waals surface area contributed by atoms with Gasteiger partial charge in [-0.2, -0.15) is 0 Å². The third-order valence-electron chi connectivity index (χ3n) is 14.7. The Labute approximate surface area is 415 Å². The first-order chi connectivity index (χ1) is 35.7. The predicted octanol–water partition coefficient (Wildman–Crippen LogP) is 20.2. The molecule has 0 aliphatic carbocycles. The normalized spacial score (nSPS) is 12.2. The summed E-state index contributed by atoms with van der Waals surface area (Å²) in [6.45, 7) is 0. The molecule has 0 unspecified atom stereocenters. The monoisotopic (exact) mass is 938 g/mol. The minimum atomic E-state index is 0.841. The Hall–Kier alpha value is -9.36. The molecule has 72 heavy (non-hydrogen) atoms. The van der Waals surface area contributed by atoms with Crippen LogP contribution >= 0.6 is 11.3 Å². The van der Waals surface area contributed by atoms with E-state index < -0.39 is 0 Å². The van der Waals surface area contributed by atoms with Crippen LogP contribution in [0.4, 0.5) is 34.1 Å². The molecule has 0 fully saturated rings. The number of hydrogen-bond donors (Lipinski definition) is 0. The molecule has 0 atom stereocenters. The lowest BCUT2D eigenvalue weighted by Crippen LogP contribution is -2.10. The fraction of sp³-hybridized carbons (Fsp3) is 0. The van der Waals surface area contributed by atoms with Crippen LogP contribution in [0.3, 0.4) is 0 Å². The molecule has 16 aromatic rings. The summed E-state index contributed by atoms with van der Waals surface area (Å²) in [6.07, 6.45) is 0. The molecular weight excluding hydrogens is 901 g/mol. The summed E-state index contributed by atoms with van der Waals surface area (Å²) in [4.78, 5) is 4.74. The van der Waals surface area contributed by atoms with Crippen molar-refractivity contribution in [3.63, 3.8) is 0 Å². The number of para-hydroxylation sites is 4. The Morgan fingerprint density at radius 1 is 0.250 bits per heavy atom. The van der Waals surface area contributed by atoms with Gasteiger partial charge in [0.1, 0.15) is 33.5 Å². The number of fused-ring (bicyclic) bond motifs is 17. The third kappa shape index (κ3) is 5.81. The second kappa shape index (κ2) is 15.1. The highest BCUT2D eigenvalue weighted by molar-refractivity contribution is 7.26. The van der Waals surface area contributed by atoms with Gasteiger partial charge in [0, 0.05) is 103 Å². The van der Waals surface area contributed by atoms with Crippen molar-refractivity contribution in [1.82, 2.24) is 0 Å².